The largest absolute Gasteiger partial charge is 0.301 e. The first-order valence-corrected chi connectivity index (χ1v) is 6.37. The number of thioether (sulfide) groups is 1. The summed E-state index contributed by atoms with van der Waals surface area (Å²) in [5, 5.41) is 13.8. The van der Waals surface area contributed by atoms with Crippen LogP contribution in [0.15, 0.2) is 23.2 Å². The zero-order valence-corrected chi connectivity index (χ0v) is 10.6. The first-order chi connectivity index (χ1) is 8.58. The van der Waals surface area contributed by atoms with Crippen molar-refractivity contribution in [2.24, 2.45) is 4.99 Å². The van der Waals surface area contributed by atoms with Crippen molar-refractivity contribution in [3.63, 3.8) is 0 Å². The molecule has 2 rings (SSSR count). The molecule has 6 nitrogen and oxygen atoms in total. The zero-order valence-electron chi connectivity index (χ0n) is 9.05. The molecule has 1 aliphatic heterocycles. The van der Waals surface area contributed by atoms with E-state index in [-0.39, 0.29) is 16.3 Å². The van der Waals surface area contributed by atoms with Crippen LogP contribution < -0.4 is 5.32 Å². The molecule has 8 heteroatoms. The smallest absolute Gasteiger partial charge is 0.288 e. The molecule has 0 unspecified atom stereocenters. The van der Waals surface area contributed by atoms with Crippen LogP contribution in [0.3, 0.4) is 0 Å². The van der Waals surface area contributed by atoms with Gasteiger partial charge in [0.05, 0.1) is 11.5 Å². The van der Waals surface area contributed by atoms with E-state index in [1.54, 1.807) is 0 Å². The van der Waals surface area contributed by atoms with Crippen molar-refractivity contribution in [3.05, 3.63) is 38.9 Å². The predicted molar refractivity (Wildman–Crippen MR) is 70.3 cm³/mol. The van der Waals surface area contributed by atoms with Crippen molar-refractivity contribution in [2.45, 2.75) is 0 Å². The van der Waals surface area contributed by atoms with Crippen LogP contribution in [0.4, 0.5) is 5.69 Å². The number of nitrogens with one attached hydrogen (secondary N) is 1. The molecule has 1 N–H and O–H groups in total. The van der Waals surface area contributed by atoms with Crippen molar-refractivity contribution in [2.75, 3.05) is 12.3 Å². The van der Waals surface area contributed by atoms with E-state index in [0.717, 1.165) is 11.8 Å². The number of hydrogen-bond acceptors (Lipinski definition) is 5. The molecule has 94 valence electrons. The molecule has 0 aromatic heterocycles. The van der Waals surface area contributed by atoms with Gasteiger partial charge in [0.15, 0.2) is 5.17 Å². The van der Waals surface area contributed by atoms with Gasteiger partial charge in [0, 0.05) is 17.4 Å². The monoisotopic (exact) mass is 285 g/mol. The number of benzene rings is 1. The quantitative estimate of drug-likeness (QED) is 0.666. The van der Waals surface area contributed by atoms with Crippen molar-refractivity contribution in [1.82, 2.24) is 5.32 Å². The number of carbonyl (C=O) groups is 1. The lowest BCUT2D eigenvalue weighted by atomic mass is 10.2. The number of amides is 1. The first kappa shape index (κ1) is 12.8. The molecular formula is C10H8ClN3O3S. The summed E-state index contributed by atoms with van der Waals surface area (Å²) in [4.78, 5) is 26.0. The van der Waals surface area contributed by atoms with E-state index in [0.29, 0.717) is 11.7 Å². The first-order valence-electron chi connectivity index (χ1n) is 5.00. The van der Waals surface area contributed by atoms with Crippen molar-refractivity contribution in [1.29, 1.82) is 0 Å². The molecule has 0 fully saturated rings. The Morgan fingerprint density at radius 2 is 2.33 bits per heavy atom. The van der Waals surface area contributed by atoms with Gasteiger partial charge in [-0.2, -0.15) is 0 Å². The summed E-state index contributed by atoms with van der Waals surface area (Å²) in [7, 11) is 0. The SMILES string of the molecule is O=C(NC1=NCCS1)c1ccc(Cl)c([N+](=O)[O-])c1. The Kier molecular flexibility index (Phi) is 3.83. The molecule has 18 heavy (non-hydrogen) atoms. The molecule has 0 aliphatic carbocycles. The number of nitro groups is 1. The van der Waals surface area contributed by atoms with E-state index in [9.17, 15) is 14.9 Å². The number of rotatable bonds is 2. The molecule has 0 bridgehead atoms. The minimum absolute atomic E-state index is 0.00383. The van der Waals surface area contributed by atoms with Gasteiger partial charge in [0.1, 0.15) is 5.02 Å². The lowest BCUT2D eigenvalue weighted by Gasteiger charge is -2.04. The lowest BCUT2D eigenvalue weighted by Crippen LogP contribution is -2.27. The summed E-state index contributed by atoms with van der Waals surface area (Å²) < 4.78 is 0. The molecule has 1 aromatic rings. The van der Waals surface area contributed by atoms with Crippen LogP contribution in [0.1, 0.15) is 10.4 Å². The van der Waals surface area contributed by atoms with E-state index < -0.39 is 10.8 Å². The molecule has 1 amide bonds. The maximum absolute atomic E-state index is 11.8. The summed E-state index contributed by atoms with van der Waals surface area (Å²) in [6.45, 7) is 0.668. The number of nitrogens with zero attached hydrogens (tertiary/aromatic N) is 2. The van der Waals surface area contributed by atoms with E-state index in [1.165, 1.54) is 23.9 Å². The van der Waals surface area contributed by atoms with Crippen LogP contribution in [-0.4, -0.2) is 28.3 Å². The van der Waals surface area contributed by atoms with Gasteiger partial charge < -0.3 is 5.32 Å². The van der Waals surface area contributed by atoms with Crippen molar-refractivity contribution < 1.29 is 9.72 Å². The Morgan fingerprint density at radius 1 is 1.56 bits per heavy atom. The topological polar surface area (TPSA) is 84.6 Å². The second kappa shape index (κ2) is 5.36. The summed E-state index contributed by atoms with van der Waals surface area (Å²) >= 11 is 7.10. The number of nitro benzene ring substituents is 1. The maximum atomic E-state index is 11.8. The highest BCUT2D eigenvalue weighted by Gasteiger charge is 2.18. The second-order valence-corrected chi connectivity index (χ2v) is 4.90. The van der Waals surface area contributed by atoms with Crippen molar-refractivity contribution in [3.8, 4) is 0 Å². The maximum Gasteiger partial charge on any atom is 0.288 e. The Labute approximate surface area is 112 Å². The molecule has 1 aliphatic rings. The van der Waals surface area contributed by atoms with Crippen LogP contribution in [-0.2, 0) is 0 Å². The van der Waals surface area contributed by atoms with Gasteiger partial charge in [0.2, 0.25) is 0 Å². The standard InChI is InChI=1S/C10H8ClN3O3S/c11-7-2-1-6(5-8(7)14(16)17)9(15)13-10-12-3-4-18-10/h1-2,5H,3-4H2,(H,12,13,15). The minimum atomic E-state index is -0.624. The van der Waals surface area contributed by atoms with Crippen LogP contribution in [0.5, 0.6) is 0 Å². The fourth-order valence-corrected chi connectivity index (χ4v) is 2.28. The molecule has 0 radical (unpaired) electrons. The Morgan fingerprint density at radius 3 is 2.94 bits per heavy atom. The fraction of sp³-hybridized carbons (Fsp3) is 0.200. The predicted octanol–water partition coefficient (Wildman–Crippen LogP) is 2.08. The van der Waals surface area contributed by atoms with Gasteiger partial charge in [-0.1, -0.05) is 23.4 Å². The second-order valence-electron chi connectivity index (χ2n) is 3.41. The van der Waals surface area contributed by atoms with Crippen LogP contribution in [0.2, 0.25) is 5.02 Å². The number of halogens is 1. The molecule has 1 aromatic carbocycles. The van der Waals surface area contributed by atoms with Gasteiger partial charge in [-0.05, 0) is 12.1 Å². The minimum Gasteiger partial charge on any atom is -0.301 e. The summed E-state index contributed by atoms with van der Waals surface area (Å²) in [6, 6.07) is 3.92. The molecule has 1 heterocycles. The van der Waals surface area contributed by atoms with Crippen LogP contribution in [0, 0.1) is 10.1 Å². The highest BCUT2D eigenvalue weighted by molar-refractivity contribution is 8.14. The van der Waals surface area contributed by atoms with Gasteiger partial charge in [-0.25, -0.2) is 0 Å². The number of aliphatic imine (C=N–C) groups is 1. The molecule has 0 saturated carbocycles. The van der Waals surface area contributed by atoms with Crippen LogP contribution >= 0.6 is 23.4 Å². The third kappa shape index (κ3) is 2.80. The third-order valence-electron chi connectivity index (χ3n) is 2.21. The fourth-order valence-electron chi connectivity index (χ4n) is 1.37. The van der Waals surface area contributed by atoms with E-state index in [2.05, 4.69) is 10.3 Å². The van der Waals surface area contributed by atoms with E-state index >= 15 is 0 Å². The van der Waals surface area contributed by atoms with Gasteiger partial charge >= 0.3 is 0 Å². The van der Waals surface area contributed by atoms with E-state index in [4.69, 9.17) is 11.6 Å². The normalized spacial score (nSPS) is 14.2. The Balaban J connectivity index is 2.20. The average Bonchev–Trinajstić information content (AvgIpc) is 2.81. The Bertz CT molecular complexity index is 547. The van der Waals surface area contributed by atoms with Crippen LogP contribution in [0.25, 0.3) is 0 Å². The lowest BCUT2D eigenvalue weighted by molar-refractivity contribution is -0.384. The summed E-state index contributed by atoms with van der Waals surface area (Å²) in [5.41, 5.74) is -0.105. The van der Waals surface area contributed by atoms with Gasteiger partial charge in [-0.3, -0.25) is 19.9 Å². The number of amidine groups is 1. The summed E-state index contributed by atoms with van der Waals surface area (Å²) in [5.74, 6) is 0.402. The third-order valence-corrected chi connectivity index (χ3v) is 3.42. The number of carbonyl (C=O) groups excluding carboxylic acids is 1. The van der Waals surface area contributed by atoms with Gasteiger partial charge in [0.25, 0.3) is 11.6 Å². The molecular weight excluding hydrogens is 278 g/mol. The highest BCUT2D eigenvalue weighted by Crippen LogP contribution is 2.25. The summed E-state index contributed by atoms with van der Waals surface area (Å²) in [6.07, 6.45) is 0. The average molecular weight is 286 g/mol. The molecule has 0 saturated heterocycles. The number of hydrogen-bond donors (Lipinski definition) is 1. The highest BCUT2D eigenvalue weighted by atomic mass is 35.5. The van der Waals surface area contributed by atoms with E-state index in [1.807, 2.05) is 0 Å². The van der Waals surface area contributed by atoms with Gasteiger partial charge in [-0.15, -0.1) is 0 Å². The van der Waals surface area contributed by atoms with Crippen molar-refractivity contribution >= 4 is 40.1 Å². The molecule has 0 spiro atoms. The molecule has 0 atom stereocenters. The Hall–Kier alpha value is -1.60. The zero-order chi connectivity index (χ0) is 13.1.